The molecule has 0 aliphatic heterocycles. The molecule has 0 N–H and O–H groups in total. The van der Waals surface area contributed by atoms with E-state index in [4.69, 9.17) is 18.9 Å². The molecule has 2 atom stereocenters. The van der Waals surface area contributed by atoms with Gasteiger partial charge in [0.15, 0.2) is 12.4 Å². The van der Waals surface area contributed by atoms with E-state index in [2.05, 4.69) is 196 Å². The van der Waals surface area contributed by atoms with E-state index < -0.39 is 24.3 Å². The number of carboxylic acids is 1. The van der Waals surface area contributed by atoms with Gasteiger partial charge >= 0.3 is 11.9 Å². The van der Waals surface area contributed by atoms with E-state index in [0.29, 0.717) is 17.4 Å². The Labute approximate surface area is 570 Å². The summed E-state index contributed by atoms with van der Waals surface area (Å²) in [5.74, 6) is -2.30. The summed E-state index contributed by atoms with van der Waals surface area (Å²) in [5, 5.41) is 11.8. The topological polar surface area (TPSA) is 111 Å². The first kappa shape index (κ1) is 87.4. The van der Waals surface area contributed by atoms with Crippen LogP contribution in [0.3, 0.4) is 0 Å². The molecule has 0 rings (SSSR count). The van der Waals surface area contributed by atoms with Gasteiger partial charge in [-0.1, -0.05) is 305 Å². The number of hydrogen-bond donors (Lipinski definition) is 0. The van der Waals surface area contributed by atoms with Gasteiger partial charge in [-0.2, -0.15) is 0 Å². The standard InChI is InChI=1S/C84H135NO8/c1-6-8-10-12-14-16-18-20-22-24-26-28-30-32-34-35-36-37-38-39-40-41-42-43-44-45-46-47-49-51-53-55-57-59-61-63-65-67-69-71-73-75-82(87)93-80(79-92-84(83(88)89)90-77-76-85(3,4)5)78-91-81(86)74-72-70-68-66-64-62-60-58-56-54-52-50-48-33-31-29-27-25-23-21-19-17-15-13-11-9-7-2/h8-11,14-17,20-23,26-29,32-34,36-37,39-40,42-43,45-46,48-49,51,80,84H,6-7,12-13,18-19,24-25,30-31,35,38,41,44,47,50,52-79H2,1-5H3/b10-8-,11-9-,16-14-,17-15-,22-20-,23-21-,28-26-,29-27-,34-32-,37-36-,40-39-,43-42-,46-45-,48-33-,51-49-. The summed E-state index contributed by atoms with van der Waals surface area (Å²) in [6, 6.07) is 0. The molecule has 9 nitrogen and oxygen atoms in total. The lowest BCUT2D eigenvalue weighted by atomic mass is 10.0. The highest BCUT2D eigenvalue weighted by Gasteiger charge is 2.22. The molecule has 0 aromatic rings. The zero-order chi connectivity index (χ0) is 67.5. The van der Waals surface area contributed by atoms with Crippen LogP contribution in [0.2, 0.25) is 0 Å². The molecule has 0 saturated carbocycles. The molecule has 0 aromatic carbocycles. The number of esters is 2. The Kier molecular flexibility index (Phi) is 67.9. The highest BCUT2D eigenvalue weighted by molar-refractivity contribution is 5.70. The van der Waals surface area contributed by atoms with Gasteiger partial charge in [-0.15, -0.1) is 0 Å². The molecule has 0 heterocycles. The van der Waals surface area contributed by atoms with Crippen LogP contribution in [0.25, 0.3) is 0 Å². The number of quaternary nitrogens is 1. The van der Waals surface area contributed by atoms with Crippen molar-refractivity contribution in [1.82, 2.24) is 0 Å². The Morgan fingerprint density at radius 1 is 0.323 bits per heavy atom. The van der Waals surface area contributed by atoms with Crippen LogP contribution in [0.1, 0.15) is 271 Å². The summed E-state index contributed by atoms with van der Waals surface area (Å²) < 4.78 is 22.8. The summed E-state index contributed by atoms with van der Waals surface area (Å²) in [4.78, 5) is 37.5. The Bertz CT molecular complexity index is 2190. The number of hydrogen-bond acceptors (Lipinski definition) is 8. The molecular formula is C84H135NO8. The molecule has 93 heavy (non-hydrogen) atoms. The third-order valence-electron chi connectivity index (χ3n) is 15.1. The first-order valence-electron chi connectivity index (χ1n) is 36.9. The number of likely N-dealkylation sites (N-methyl/N-ethyl adjacent to an activating group) is 1. The van der Waals surface area contributed by atoms with Crippen LogP contribution < -0.4 is 5.11 Å². The monoisotopic (exact) mass is 1290 g/mol. The summed E-state index contributed by atoms with van der Waals surface area (Å²) in [6.07, 6.45) is 107. The lowest BCUT2D eigenvalue weighted by Crippen LogP contribution is -2.44. The molecule has 0 fully saturated rings. The van der Waals surface area contributed by atoms with E-state index in [1.165, 1.54) is 83.5 Å². The van der Waals surface area contributed by atoms with Crippen LogP contribution in [0.15, 0.2) is 182 Å². The van der Waals surface area contributed by atoms with E-state index in [1.54, 1.807) is 0 Å². The fourth-order valence-electron chi connectivity index (χ4n) is 9.59. The van der Waals surface area contributed by atoms with Crippen LogP contribution >= 0.6 is 0 Å². The van der Waals surface area contributed by atoms with E-state index >= 15 is 0 Å². The zero-order valence-electron chi connectivity index (χ0n) is 59.8. The molecule has 0 aliphatic rings. The average Bonchev–Trinajstić information content (AvgIpc) is 3.38. The molecule has 524 valence electrons. The molecule has 2 unspecified atom stereocenters. The van der Waals surface area contributed by atoms with Gasteiger partial charge in [-0.25, -0.2) is 0 Å². The highest BCUT2D eigenvalue weighted by atomic mass is 16.7. The normalized spacial score (nSPS) is 13.8. The maximum atomic E-state index is 13.0. The molecule has 0 aromatic heterocycles. The smallest absolute Gasteiger partial charge is 0.306 e. The second kappa shape index (κ2) is 72.2. The van der Waals surface area contributed by atoms with Gasteiger partial charge in [0.1, 0.15) is 13.2 Å². The SMILES string of the molecule is CC/C=C\C/C=C\C/C=C\C/C=C\C/C=C\C/C=C\C/C=C\C/C=C\C/C=C\C/C=C\CCCCCCCCCCCCC(=O)OC(COC(=O)CCCCCCCCCCCCC/C=C\C/C=C\C/C=C\C/C=C\C/C=C\CC)COC(OCC[N+](C)(C)C)C(=O)[O-]. The number of allylic oxidation sites excluding steroid dienone is 30. The molecule has 9 heteroatoms. The van der Waals surface area contributed by atoms with Gasteiger partial charge in [0.05, 0.1) is 40.3 Å². The lowest BCUT2D eigenvalue weighted by Gasteiger charge is -2.26. The first-order chi connectivity index (χ1) is 45.6. The van der Waals surface area contributed by atoms with E-state index in [1.807, 2.05) is 21.1 Å². The summed E-state index contributed by atoms with van der Waals surface area (Å²) in [6.45, 7) is 4.50. The number of nitrogens with zero attached hydrogens (tertiary/aromatic N) is 1. The summed E-state index contributed by atoms with van der Waals surface area (Å²) >= 11 is 0. The third kappa shape index (κ3) is 73.7. The Balaban J connectivity index is 4.16. The largest absolute Gasteiger partial charge is 0.545 e. The fourth-order valence-corrected chi connectivity index (χ4v) is 9.59. The molecule has 0 aliphatic carbocycles. The van der Waals surface area contributed by atoms with Gasteiger partial charge in [-0.05, 0) is 135 Å². The van der Waals surface area contributed by atoms with Crippen LogP contribution in [0, 0.1) is 0 Å². The quantitative estimate of drug-likeness (QED) is 0.0195. The number of ether oxygens (including phenoxy) is 4. The van der Waals surface area contributed by atoms with Crippen LogP contribution in [0.4, 0.5) is 0 Å². The van der Waals surface area contributed by atoms with Gasteiger partial charge in [0.2, 0.25) is 0 Å². The zero-order valence-corrected chi connectivity index (χ0v) is 59.8. The predicted molar refractivity (Wildman–Crippen MR) is 398 cm³/mol. The average molecular weight is 1290 g/mol. The molecule has 0 spiro atoms. The Morgan fingerprint density at radius 2 is 0.581 bits per heavy atom. The van der Waals surface area contributed by atoms with Crippen molar-refractivity contribution in [2.75, 3.05) is 47.5 Å². The lowest BCUT2D eigenvalue weighted by molar-refractivity contribution is -0.870. The second-order valence-corrected chi connectivity index (χ2v) is 25.1. The van der Waals surface area contributed by atoms with Crippen molar-refractivity contribution >= 4 is 17.9 Å². The van der Waals surface area contributed by atoms with Gasteiger partial charge in [0.25, 0.3) is 0 Å². The van der Waals surface area contributed by atoms with Crippen molar-refractivity contribution < 1.29 is 42.9 Å². The minimum absolute atomic E-state index is 0.138. The van der Waals surface area contributed by atoms with Crippen molar-refractivity contribution in [3.05, 3.63) is 182 Å². The number of carbonyl (C=O) groups excluding carboxylic acids is 3. The number of unbranched alkanes of at least 4 members (excludes halogenated alkanes) is 21. The number of carboxylic acid groups (broad SMARTS) is 1. The van der Waals surface area contributed by atoms with Crippen LogP contribution in [-0.2, 0) is 33.3 Å². The van der Waals surface area contributed by atoms with Crippen molar-refractivity contribution in [1.29, 1.82) is 0 Å². The van der Waals surface area contributed by atoms with Gasteiger partial charge < -0.3 is 33.3 Å². The van der Waals surface area contributed by atoms with Crippen molar-refractivity contribution in [2.24, 2.45) is 0 Å². The molecule has 0 amide bonds. The third-order valence-corrected chi connectivity index (χ3v) is 15.1. The second-order valence-electron chi connectivity index (χ2n) is 25.1. The Morgan fingerprint density at radius 3 is 0.860 bits per heavy atom. The first-order valence-corrected chi connectivity index (χ1v) is 36.9. The molecule has 0 radical (unpaired) electrons. The summed E-state index contributed by atoms with van der Waals surface area (Å²) in [7, 11) is 5.92. The van der Waals surface area contributed by atoms with Crippen LogP contribution in [-0.4, -0.2) is 82.3 Å². The van der Waals surface area contributed by atoms with Crippen molar-refractivity contribution in [3.8, 4) is 0 Å². The predicted octanol–water partition coefficient (Wildman–Crippen LogP) is 22.2. The Hall–Kier alpha value is -5.61. The van der Waals surface area contributed by atoms with Crippen LogP contribution in [0.5, 0.6) is 0 Å². The van der Waals surface area contributed by atoms with Gasteiger partial charge in [-0.3, -0.25) is 9.59 Å². The number of carbonyl (C=O) groups is 3. The molecule has 0 bridgehead atoms. The van der Waals surface area contributed by atoms with Gasteiger partial charge in [0, 0.05) is 12.8 Å². The molecule has 0 saturated heterocycles. The van der Waals surface area contributed by atoms with Crippen molar-refractivity contribution in [2.45, 2.75) is 283 Å². The number of rotatable bonds is 66. The molecular weight excluding hydrogens is 1150 g/mol. The highest BCUT2D eigenvalue weighted by Crippen LogP contribution is 2.16. The van der Waals surface area contributed by atoms with Crippen molar-refractivity contribution in [3.63, 3.8) is 0 Å². The minimum atomic E-state index is -1.64. The summed E-state index contributed by atoms with van der Waals surface area (Å²) in [5.41, 5.74) is 0. The maximum Gasteiger partial charge on any atom is 0.306 e. The maximum absolute atomic E-state index is 13.0. The van der Waals surface area contributed by atoms with E-state index in [9.17, 15) is 19.5 Å². The van der Waals surface area contributed by atoms with E-state index in [-0.39, 0.29) is 38.6 Å². The number of aliphatic carboxylic acids is 1. The minimum Gasteiger partial charge on any atom is -0.545 e. The van der Waals surface area contributed by atoms with E-state index in [0.717, 1.165) is 154 Å². The fraction of sp³-hybridized carbons (Fsp3) is 0.607.